The first kappa shape index (κ1) is 13.3. The van der Waals surface area contributed by atoms with Crippen LogP contribution >= 0.6 is 0 Å². The van der Waals surface area contributed by atoms with Gasteiger partial charge in [-0.3, -0.25) is 4.79 Å². The fourth-order valence-corrected chi connectivity index (χ4v) is 3.12. The zero-order valence-electron chi connectivity index (χ0n) is 10.8. The molecule has 2 fully saturated rings. The van der Waals surface area contributed by atoms with Gasteiger partial charge in [0.25, 0.3) is 0 Å². The van der Waals surface area contributed by atoms with Crippen molar-refractivity contribution in [3.63, 3.8) is 0 Å². The van der Waals surface area contributed by atoms with Gasteiger partial charge >= 0.3 is 5.97 Å². The second-order valence-electron chi connectivity index (χ2n) is 5.08. The van der Waals surface area contributed by atoms with Crippen molar-refractivity contribution in [2.45, 2.75) is 63.6 Å². The summed E-state index contributed by atoms with van der Waals surface area (Å²) in [6, 6.07) is -0.506. The maximum atomic E-state index is 12.1. The lowest BCUT2D eigenvalue weighted by Gasteiger charge is -2.32. The van der Waals surface area contributed by atoms with Crippen molar-refractivity contribution >= 4 is 11.9 Å². The molecule has 5 nitrogen and oxygen atoms in total. The Bertz CT molecular complexity index is 331. The summed E-state index contributed by atoms with van der Waals surface area (Å²) in [4.78, 5) is 24.9. The van der Waals surface area contributed by atoms with Gasteiger partial charge in [-0.1, -0.05) is 0 Å². The molecule has 102 valence electrons. The minimum absolute atomic E-state index is 0.0192. The Hall–Kier alpha value is -1.10. The fourth-order valence-electron chi connectivity index (χ4n) is 3.12. The molecule has 2 saturated heterocycles. The minimum Gasteiger partial charge on any atom is -0.480 e. The predicted octanol–water partition coefficient (Wildman–Crippen LogP) is 1.41. The zero-order valence-corrected chi connectivity index (χ0v) is 10.8. The van der Waals surface area contributed by atoms with Gasteiger partial charge in [-0.2, -0.15) is 0 Å². The van der Waals surface area contributed by atoms with Crippen LogP contribution in [0.3, 0.4) is 0 Å². The van der Waals surface area contributed by atoms with Gasteiger partial charge in [0.05, 0.1) is 6.10 Å². The second-order valence-corrected chi connectivity index (χ2v) is 5.08. The molecule has 0 aromatic carbocycles. The molecular formula is C13H21NO4. The van der Waals surface area contributed by atoms with Crippen LogP contribution in [0.1, 0.15) is 45.4 Å². The van der Waals surface area contributed by atoms with E-state index in [-0.39, 0.29) is 18.1 Å². The fraction of sp³-hybridized carbons (Fsp3) is 0.846. The van der Waals surface area contributed by atoms with E-state index < -0.39 is 12.0 Å². The van der Waals surface area contributed by atoms with Gasteiger partial charge in [0, 0.05) is 19.1 Å². The number of amides is 1. The van der Waals surface area contributed by atoms with Crippen molar-refractivity contribution in [1.82, 2.24) is 4.90 Å². The van der Waals surface area contributed by atoms with E-state index in [9.17, 15) is 9.59 Å². The topological polar surface area (TPSA) is 66.8 Å². The molecule has 2 rings (SSSR count). The average molecular weight is 255 g/mol. The summed E-state index contributed by atoms with van der Waals surface area (Å²) in [6.07, 6.45) is 4.46. The normalized spacial score (nSPS) is 32.8. The highest BCUT2D eigenvalue weighted by atomic mass is 16.5. The van der Waals surface area contributed by atoms with E-state index in [1.54, 1.807) is 4.90 Å². The lowest BCUT2D eigenvalue weighted by molar-refractivity contribution is -0.150. The molecule has 2 aliphatic heterocycles. The first-order chi connectivity index (χ1) is 8.63. The number of carboxylic acid groups (broad SMARTS) is 1. The number of rotatable bonds is 3. The van der Waals surface area contributed by atoms with Crippen LogP contribution in [-0.4, -0.2) is 46.7 Å². The summed E-state index contributed by atoms with van der Waals surface area (Å²) in [7, 11) is 0. The molecule has 0 bridgehead atoms. The molecule has 3 unspecified atom stereocenters. The number of hydrogen-bond acceptors (Lipinski definition) is 3. The van der Waals surface area contributed by atoms with Crippen molar-refractivity contribution in [2.75, 3.05) is 6.61 Å². The van der Waals surface area contributed by atoms with Crippen LogP contribution in [0, 0.1) is 0 Å². The zero-order chi connectivity index (χ0) is 13.1. The first-order valence-corrected chi connectivity index (χ1v) is 6.79. The third-order valence-corrected chi connectivity index (χ3v) is 3.98. The van der Waals surface area contributed by atoms with Crippen LogP contribution < -0.4 is 0 Å². The van der Waals surface area contributed by atoms with Crippen LogP contribution in [0.25, 0.3) is 0 Å². The van der Waals surface area contributed by atoms with E-state index in [2.05, 4.69) is 0 Å². The lowest BCUT2D eigenvalue weighted by Crippen LogP contribution is -2.46. The number of fused-ring (bicyclic) bond motifs is 1. The summed E-state index contributed by atoms with van der Waals surface area (Å²) in [5.74, 6) is -0.887. The van der Waals surface area contributed by atoms with Gasteiger partial charge in [-0.25, -0.2) is 4.79 Å². The number of aliphatic carboxylic acids is 1. The Morgan fingerprint density at radius 2 is 2.06 bits per heavy atom. The highest BCUT2D eigenvalue weighted by Crippen LogP contribution is 2.31. The van der Waals surface area contributed by atoms with Crippen molar-refractivity contribution in [2.24, 2.45) is 0 Å². The van der Waals surface area contributed by atoms with Gasteiger partial charge in [-0.15, -0.1) is 0 Å². The SMILES string of the molecule is CCOC1CCC(=O)N2C(CC1)CCC2C(=O)O. The average Bonchev–Trinajstić information content (AvgIpc) is 2.74. The Kier molecular flexibility index (Phi) is 4.22. The van der Waals surface area contributed by atoms with Crippen LogP contribution in [0.5, 0.6) is 0 Å². The summed E-state index contributed by atoms with van der Waals surface area (Å²) < 4.78 is 5.60. The maximum absolute atomic E-state index is 12.1. The van der Waals surface area contributed by atoms with Gasteiger partial charge in [0.2, 0.25) is 5.91 Å². The minimum atomic E-state index is -0.868. The van der Waals surface area contributed by atoms with Gasteiger partial charge in [0.15, 0.2) is 0 Å². The molecule has 1 amide bonds. The molecule has 0 spiro atoms. The van der Waals surface area contributed by atoms with Crippen molar-refractivity contribution in [1.29, 1.82) is 0 Å². The smallest absolute Gasteiger partial charge is 0.326 e. The van der Waals surface area contributed by atoms with E-state index in [1.165, 1.54) is 0 Å². The van der Waals surface area contributed by atoms with Crippen LogP contribution in [0.4, 0.5) is 0 Å². The Morgan fingerprint density at radius 1 is 1.33 bits per heavy atom. The molecule has 18 heavy (non-hydrogen) atoms. The van der Waals surface area contributed by atoms with Crippen molar-refractivity contribution < 1.29 is 19.4 Å². The number of nitrogens with zero attached hydrogens (tertiary/aromatic N) is 1. The number of carboxylic acids is 1. The highest BCUT2D eigenvalue weighted by molar-refractivity contribution is 5.84. The summed E-state index contributed by atoms with van der Waals surface area (Å²) in [6.45, 7) is 2.63. The summed E-state index contributed by atoms with van der Waals surface area (Å²) >= 11 is 0. The van der Waals surface area contributed by atoms with E-state index in [1.807, 2.05) is 6.92 Å². The highest BCUT2D eigenvalue weighted by Gasteiger charge is 2.41. The number of carbonyl (C=O) groups is 2. The van der Waals surface area contributed by atoms with E-state index >= 15 is 0 Å². The molecule has 0 saturated carbocycles. The Labute approximate surface area is 107 Å². The van der Waals surface area contributed by atoms with Gasteiger partial charge in [-0.05, 0) is 39.0 Å². The van der Waals surface area contributed by atoms with Gasteiger partial charge < -0.3 is 14.7 Å². The third kappa shape index (κ3) is 2.66. The van der Waals surface area contributed by atoms with Crippen LogP contribution in [-0.2, 0) is 14.3 Å². The largest absolute Gasteiger partial charge is 0.480 e. The molecule has 0 aromatic rings. The predicted molar refractivity (Wildman–Crippen MR) is 65.2 cm³/mol. The maximum Gasteiger partial charge on any atom is 0.326 e. The molecule has 0 aromatic heterocycles. The van der Waals surface area contributed by atoms with Crippen molar-refractivity contribution in [3.8, 4) is 0 Å². The monoisotopic (exact) mass is 255 g/mol. The lowest BCUT2D eigenvalue weighted by atomic mass is 9.99. The third-order valence-electron chi connectivity index (χ3n) is 3.98. The molecule has 5 heteroatoms. The van der Waals surface area contributed by atoms with E-state index in [4.69, 9.17) is 9.84 Å². The molecule has 1 N–H and O–H groups in total. The van der Waals surface area contributed by atoms with E-state index in [0.717, 1.165) is 19.3 Å². The number of carbonyl (C=O) groups excluding carboxylic acids is 1. The molecular weight excluding hydrogens is 234 g/mol. The van der Waals surface area contributed by atoms with Crippen LogP contribution in [0.2, 0.25) is 0 Å². The Balaban J connectivity index is 2.05. The molecule has 0 radical (unpaired) electrons. The molecule has 2 heterocycles. The summed E-state index contributed by atoms with van der Waals surface area (Å²) in [5, 5.41) is 9.15. The second kappa shape index (κ2) is 5.69. The molecule has 2 aliphatic rings. The number of hydrogen-bond donors (Lipinski definition) is 1. The van der Waals surface area contributed by atoms with Crippen molar-refractivity contribution in [3.05, 3.63) is 0 Å². The Morgan fingerprint density at radius 3 is 2.72 bits per heavy atom. The standard InChI is InChI=1S/C13H21NO4/c1-2-18-10-5-3-9-4-7-11(13(16)17)14(9)12(15)8-6-10/h9-11H,2-8H2,1H3,(H,16,17). The molecule has 3 atom stereocenters. The van der Waals surface area contributed by atoms with Gasteiger partial charge in [0.1, 0.15) is 6.04 Å². The number of ether oxygens (including phenoxy) is 1. The van der Waals surface area contributed by atoms with E-state index in [0.29, 0.717) is 25.9 Å². The quantitative estimate of drug-likeness (QED) is 0.828. The summed E-state index contributed by atoms with van der Waals surface area (Å²) in [5.41, 5.74) is 0. The first-order valence-electron chi connectivity index (χ1n) is 6.79. The molecule has 0 aliphatic carbocycles. The van der Waals surface area contributed by atoms with Crippen LogP contribution in [0.15, 0.2) is 0 Å².